The van der Waals surface area contributed by atoms with E-state index in [0.29, 0.717) is 18.0 Å². The summed E-state index contributed by atoms with van der Waals surface area (Å²) in [6, 6.07) is 1.70. The summed E-state index contributed by atoms with van der Waals surface area (Å²) in [5.74, 6) is 0.645. The van der Waals surface area contributed by atoms with Gasteiger partial charge >= 0.3 is 5.69 Å². The normalized spacial score (nSPS) is 11.9. The van der Waals surface area contributed by atoms with E-state index in [1.54, 1.807) is 6.07 Å². The van der Waals surface area contributed by atoms with Gasteiger partial charge in [-0.3, -0.25) is 0 Å². The van der Waals surface area contributed by atoms with Gasteiger partial charge in [0.1, 0.15) is 12.1 Å². The van der Waals surface area contributed by atoms with Gasteiger partial charge in [-0.25, -0.2) is 19.3 Å². The lowest BCUT2D eigenvalue weighted by Crippen LogP contribution is -2.32. The smallest absolute Gasteiger partial charge is 0.348 e. The Morgan fingerprint density at radius 1 is 1.47 bits per heavy atom. The molecule has 0 bridgehead atoms. The maximum atomic E-state index is 11.3. The zero-order valence-electron chi connectivity index (χ0n) is 11.2. The average Bonchev–Trinajstić information content (AvgIpc) is 2.82. The van der Waals surface area contributed by atoms with Crippen LogP contribution in [-0.4, -0.2) is 37.8 Å². The Kier molecular flexibility index (Phi) is 3.84. The van der Waals surface area contributed by atoms with Crippen LogP contribution in [0.3, 0.4) is 0 Å². The van der Waals surface area contributed by atoms with E-state index in [-0.39, 0.29) is 17.7 Å². The molecule has 0 fully saturated rings. The first-order valence-corrected chi connectivity index (χ1v) is 6.41. The molecule has 0 unspecified atom stereocenters. The van der Waals surface area contributed by atoms with Crippen LogP contribution in [-0.2, 0) is 0 Å². The second-order valence-corrected chi connectivity index (χ2v) is 4.75. The topological polar surface area (TPSA) is 95.3 Å². The summed E-state index contributed by atoms with van der Waals surface area (Å²) in [7, 11) is 0. The van der Waals surface area contributed by atoms with Gasteiger partial charge in [-0.1, -0.05) is 13.8 Å². The van der Waals surface area contributed by atoms with E-state index < -0.39 is 0 Å². The molecule has 0 atom stereocenters. The Balaban J connectivity index is 2.15. The predicted octanol–water partition coefficient (Wildman–Crippen LogP) is 0.628. The van der Waals surface area contributed by atoms with Crippen molar-refractivity contribution in [2.24, 2.45) is 5.41 Å². The molecule has 3 N–H and O–H groups in total. The Morgan fingerprint density at radius 2 is 2.21 bits per heavy atom. The number of aromatic nitrogens is 4. The third-order valence-corrected chi connectivity index (χ3v) is 3.79. The fraction of sp³-hybridized carbons (Fsp3) is 0.583. The van der Waals surface area contributed by atoms with E-state index >= 15 is 0 Å². The first-order valence-electron chi connectivity index (χ1n) is 6.41. The molecule has 0 aliphatic rings. The number of aliphatic hydroxyl groups is 1. The third-order valence-electron chi connectivity index (χ3n) is 3.79. The molecule has 0 aliphatic carbocycles. The monoisotopic (exact) mass is 265 g/mol. The molecule has 104 valence electrons. The molecule has 2 rings (SSSR count). The molecule has 0 amide bonds. The highest BCUT2D eigenvalue weighted by Crippen LogP contribution is 2.25. The minimum absolute atomic E-state index is 0.136. The molecule has 0 saturated heterocycles. The Hall–Kier alpha value is -1.89. The largest absolute Gasteiger partial charge is 0.396 e. The van der Waals surface area contributed by atoms with Crippen LogP contribution in [0, 0.1) is 5.41 Å². The van der Waals surface area contributed by atoms with Gasteiger partial charge in [0.05, 0.1) is 6.61 Å². The van der Waals surface area contributed by atoms with Gasteiger partial charge < -0.3 is 10.4 Å². The maximum absolute atomic E-state index is 11.3. The summed E-state index contributed by atoms with van der Waals surface area (Å²) in [6.45, 7) is 4.89. The third kappa shape index (κ3) is 2.60. The van der Waals surface area contributed by atoms with Crippen molar-refractivity contribution < 1.29 is 5.11 Å². The van der Waals surface area contributed by atoms with Crippen molar-refractivity contribution in [1.29, 1.82) is 0 Å². The van der Waals surface area contributed by atoms with Crippen molar-refractivity contribution in [3.8, 4) is 0 Å². The fourth-order valence-corrected chi connectivity index (χ4v) is 1.96. The second-order valence-electron chi connectivity index (χ2n) is 4.75. The molecule has 0 aromatic carbocycles. The highest BCUT2D eigenvalue weighted by Gasteiger charge is 2.25. The van der Waals surface area contributed by atoms with Crippen LogP contribution in [0.5, 0.6) is 0 Å². The van der Waals surface area contributed by atoms with Crippen molar-refractivity contribution in [2.45, 2.75) is 26.7 Å². The van der Waals surface area contributed by atoms with Crippen LogP contribution in [0.15, 0.2) is 17.2 Å². The minimum Gasteiger partial charge on any atom is -0.396 e. The van der Waals surface area contributed by atoms with E-state index in [0.717, 1.165) is 12.8 Å². The van der Waals surface area contributed by atoms with Crippen LogP contribution in [0.25, 0.3) is 5.65 Å². The quantitative estimate of drug-likeness (QED) is 0.712. The highest BCUT2D eigenvalue weighted by molar-refractivity contribution is 5.48. The summed E-state index contributed by atoms with van der Waals surface area (Å²) < 4.78 is 1.34. The van der Waals surface area contributed by atoms with Gasteiger partial charge in [0, 0.05) is 18.0 Å². The van der Waals surface area contributed by atoms with Crippen molar-refractivity contribution >= 4 is 11.5 Å². The number of H-pyrrole nitrogens is 1. The molecule has 7 heteroatoms. The fourth-order valence-electron chi connectivity index (χ4n) is 1.96. The van der Waals surface area contributed by atoms with Gasteiger partial charge in [-0.2, -0.15) is 5.10 Å². The second kappa shape index (κ2) is 5.40. The Morgan fingerprint density at radius 3 is 2.84 bits per heavy atom. The summed E-state index contributed by atoms with van der Waals surface area (Å²) >= 11 is 0. The molecule has 19 heavy (non-hydrogen) atoms. The SMILES string of the molecule is CCC(CC)(CO)CNc1cc2n[nH]c(=O)n2cn1. The first kappa shape index (κ1) is 13.5. The molecule has 0 saturated carbocycles. The number of aliphatic hydroxyl groups excluding tert-OH is 1. The number of fused-ring (bicyclic) bond motifs is 1. The van der Waals surface area contributed by atoms with Gasteiger partial charge in [-0.05, 0) is 12.8 Å². The first-order chi connectivity index (χ1) is 9.14. The summed E-state index contributed by atoms with van der Waals surface area (Å²) in [5.41, 5.74) is 0.0740. The molecule has 2 aromatic rings. The van der Waals surface area contributed by atoms with Crippen LogP contribution >= 0.6 is 0 Å². The van der Waals surface area contributed by atoms with E-state index in [2.05, 4.69) is 34.3 Å². The Bertz CT molecular complexity index is 591. The number of nitrogens with zero attached hydrogens (tertiary/aromatic N) is 3. The van der Waals surface area contributed by atoms with Crippen LogP contribution < -0.4 is 11.0 Å². The number of anilines is 1. The molecule has 2 aromatic heterocycles. The van der Waals surface area contributed by atoms with Crippen molar-refractivity contribution in [3.05, 3.63) is 22.9 Å². The van der Waals surface area contributed by atoms with Crippen LogP contribution in [0.4, 0.5) is 5.82 Å². The van der Waals surface area contributed by atoms with Gasteiger partial charge in [0.2, 0.25) is 0 Å². The van der Waals surface area contributed by atoms with Crippen molar-refractivity contribution in [2.75, 3.05) is 18.5 Å². The number of hydrogen-bond donors (Lipinski definition) is 3. The lowest BCUT2D eigenvalue weighted by atomic mass is 9.83. The number of aromatic amines is 1. The number of rotatable bonds is 6. The standard InChI is InChI=1S/C12H19N5O2/c1-3-12(4-2,7-18)6-13-9-5-10-15-16-11(19)17(10)8-14-9/h5,8,13,18H,3-4,6-7H2,1-2H3,(H,16,19). The number of nitrogens with one attached hydrogen (secondary N) is 2. The lowest BCUT2D eigenvalue weighted by molar-refractivity contribution is 0.127. The molecular formula is C12H19N5O2. The van der Waals surface area contributed by atoms with Gasteiger partial charge in [0.15, 0.2) is 5.65 Å². The summed E-state index contributed by atoms with van der Waals surface area (Å²) in [5, 5.41) is 18.9. The zero-order chi connectivity index (χ0) is 13.9. The van der Waals surface area contributed by atoms with E-state index in [9.17, 15) is 9.90 Å². The predicted molar refractivity (Wildman–Crippen MR) is 72.2 cm³/mol. The molecule has 0 aliphatic heterocycles. The zero-order valence-corrected chi connectivity index (χ0v) is 11.2. The van der Waals surface area contributed by atoms with Crippen LogP contribution in [0.2, 0.25) is 0 Å². The summed E-state index contributed by atoms with van der Waals surface area (Å²) in [6.07, 6.45) is 3.20. The van der Waals surface area contributed by atoms with E-state index in [1.165, 1.54) is 10.7 Å². The average molecular weight is 265 g/mol. The number of hydrogen-bond acceptors (Lipinski definition) is 5. The minimum atomic E-state index is -0.305. The lowest BCUT2D eigenvalue weighted by Gasteiger charge is -2.29. The van der Waals surface area contributed by atoms with Gasteiger partial charge in [0.25, 0.3) is 0 Å². The molecular weight excluding hydrogens is 246 g/mol. The molecule has 0 radical (unpaired) electrons. The summed E-state index contributed by atoms with van der Waals surface area (Å²) in [4.78, 5) is 15.5. The van der Waals surface area contributed by atoms with Crippen LogP contribution in [0.1, 0.15) is 26.7 Å². The molecule has 0 spiro atoms. The van der Waals surface area contributed by atoms with Gasteiger partial charge in [-0.15, -0.1) is 0 Å². The molecule has 7 nitrogen and oxygen atoms in total. The van der Waals surface area contributed by atoms with E-state index in [4.69, 9.17) is 0 Å². The highest BCUT2D eigenvalue weighted by atomic mass is 16.3. The Labute approximate surface area is 110 Å². The molecule has 2 heterocycles. The maximum Gasteiger partial charge on any atom is 0.348 e. The van der Waals surface area contributed by atoms with Crippen molar-refractivity contribution in [3.63, 3.8) is 0 Å². The van der Waals surface area contributed by atoms with E-state index in [1.807, 2.05) is 0 Å². The van der Waals surface area contributed by atoms with Crippen molar-refractivity contribution in [1.82, 2.24) is 19.6 Å².